The number of hydrogen-bond acceptors (Lipinski definition) is 2. The van der Waals surface area contributed by atoms with E-state index < -0.39 is 0 Å². The number of nitrogens with two attached hydrogens (primary N) is 1. The quantitative estimate of drug-likeness (QED) is 0.797. The van der Waals surface area contributed by atoms with Gasteiger partial charge in [0.2, 0.25) is 5.91 Å². The summed E-state index contributed by atoms with van der Waals surface area (Å²) in [6.45, 7) is 5.21. The van der Waals surface area contributed by atoms with Crippen molar-refractivity contribution in [3.05, 3.63) is 0 Å². The molecule has 94 valence electrons. The lowest BCUT2D eigenvalue weighted by atomic mass is 9.84. The van der Waals surface area contributed by atoms with E-state index in [9.17, 15) is 4.79 Å². The molecule has 0 bridgehead atoms. The highest BCUT2D eigenvalue weighted by Crippen LogP contribution is 2.24. The van der Waals surface area contributed by atoms with Crippen molar-refractivity contribution in [1.82, 2.24) is 4.90 Å². The van der Waals surface area contributed by atoms with Gasteiger partial charge in [-0.1, -0.05) is 33.1 Å². The zero-order chi connectivity index (χ0) is 12.1. The van der Waals surface area contributed by atoms with Gasteiger partial charge in [0, 0.05) is 19.6 Å². The average molecular weight is 226 g/mol. The van der Waals surface area contributed by atoms with E-state index in [0.29, 0.717) is 5.92 Å². The second-order valence-electron chi connectivity index (χ2n) is 5.29. The molecule has 0 aliphatic heterocycles. The second-order valence-corrected chi connectivity index (χ2v) is 5.29. The minimum absolute atomic E-state index is 0.0720. The first-order valence-electron chi connectivity index (χ1n) is 6.56. The van der Waals surface area contributed by atoms with Crippen molar-refractivity contribution in [3.8, 4) is 0 Å². The minimum atomic E-state index is 0.0720. The molecular weight excluding hydrogens is 200 g/mol. The van der Waals surface area contributed by atoms with Gasteiger partial charge >= 0.3 is 0 Å². The lowest BCUT2D eigenvalue weighted by Crippen LogP contribution is -2.45. The van der Waals surface area contributed by atoms with E-state index in [0.717, 1.165) is 32.2 Å². The van der Waals surface area contributed by atoms with Gasteiger partial charge in [-0.05, 0) is 18.8 Å². The number of hydrogen-bond donors (Lipinski definition) is 1. The molecule has 1 saturated carbocycles. The van der Waals surface area contributed by atoms with Gasteiger partial charge in [-0.15, -0.1) is 0 Å². The summed E-state index contributed by atoms with van der Waals surface area (Å²) in [5.74, 6) is 0.907. The molecule has 0 aromatic carbocycles. The Hall–Kier alpha value is -0.570. The third-order valence-electron chi connectivity index (χ3n) is 3.80. The van der Waals surface area contributed by atoms with E-state index in [2.05, 4.69) is 13.8 Å². The average Bonchev–Trinajstić information content (AvgIpc) is 2.28. The number of carbonyl (C=O) groups is 1. The topological polar surface area (TPSA) is 46.3 Å². The zero-order valence-corrected chi connectivity index (χ0v) is 10.9. The Morgan fingerprint density at radius 3 is 2.62 bits per heavy atom. The summed E-state index contributed by atoms with van der Waals surface area (Å²) in [6.07, 6.45) is 5.44. The molecule has 1 rings (SSSR count). The van der Waals surface area contributed by atoms with Crippen LogP contribution >= 0.6 is 0 Å². The molecule has 1 aliphatic carbocycles. The molecule has 1 amide bonds. The molecule has 0 heterocycles. The maximum absolute atomic E-state index is 12.2. The first-order valence-corrected chi connectivity index (χ1v) is 6.56. The van der Waals surface area contributed by atoms with Crippen LogP contribution in [-0.2, 0) is 4.79 Å². The van der Waals surface area contributed by atoms with Gasteiger partial charge in [0.25, 0.3) is 0 Å². The summed E-state index contributed by atoms with van der Waals surface area (Å²) in [7, 11) is 1.91. The van der Waals surface area contributed by atoms with Gasteiger partial charge in [0.15, 0.2) is 0 Å². The maximum atomic E-state index is 12.2. The fraction of sp³-hybridized carbons (Fsp3) is 0.923. The predicted molar refractivity (Wildman–Crippen MR) is 67.0 cm³/mol. The van der Waals surface area contributed by atoms with Crippen LogP contribution in [0.25, 0.3) is 0 Å². The minimum Gasteiger partial charge on any atom is -0.345 e. The number of amides is 1. The summed E-state index contributed by atoms with van der Waals surface area (Å²) in [5.41, 5.74) is 6.03. The van der Waals surface area contributed by atoms with Gasteiger partial charge in [-0.25, -0.2) is 0 Å². The summed E-state index contributed by atoms with van der Waals surface area (Å²) in [6, 6.07) is 0.0839. The van der Waals surface area contributed by atoms with Crippen LogP contribution in [0.5, 0.6) is 0 Å². The van der Waals surface area contributed by atoms with E-state index >= 15 is 0 Å². The fourth-order valence-electron chi connectivity index (χ4n) is 2.44. The molecule has 0 aromatic rings. The lowest BCUT2D eigenvalue weighted by molar-refractivity contribution is -0.136. The monoisotopic (exact) mass is 226 g/mol. The van der Waals surface area contributed by atoms with Gasteiger partial charge in [0.05, 0.1) is 5.92 Å². The van der Waals surface area contributed by atoms with Crippen molar-refractivity contribution in [2.45, 2.75) is 52.0 Å². The molecule has 0 saturated heterocycles. The summed E-state index contributed by atoms with van der Waals surface area (Å²) < 4.78 is 0. The molecule has 0 radical (unpaired) electrons. The molecule has 1 aliphatic rings. The number of carbonyl (C=O) groups excluding carboxylic acids is 1. The smallest absolute Gasteiger partial charge is 0.226 e. The van der Waals surface area contributed by atoms with Gasteiger partial charge in [0.1, 0.15) is 0 Å². The molecule has 1 fully saturated rings. The summed E-state index contributed by atoms with van der Waals surface area (Å²) >= 11 is 0. The first kappa shape index (κ1) is 13.5. The Kier molecular flexibility index (Phi) is 5.26. The zero-order valence-electron chi connectivity index (χ0n) is 10.9. The van der Waals surface area contributed by atoms with Gasteiger partial charge in [-0.2, -0.15) is 0 Å². The largest absolute Gasteiger partial charge is 0.345 e. The fourth-order valence-corrected chi connectivity index (χ4v) is 2.44. The van der Waals surface area contributed by atoms with Crippen molar-refractivity contribution in [2.24, 2.45) is 17.6 Å². The molecule has 3 nitrogen and oxygen atoms in total. The maximum Gasteiger partial charge on any atom is 0.226 e. The third kappa shape index (κ3) is 3.48. The summed E-state index contributed by atoms with van der Waals surface area (Å²) in [4.78, 5) is 14.1. The highest BCUT2D eigenvalue weighted by atomic mass is 16.2. The Labute approximate surface area is 99.4 Å². The highest BCUT2D eigenvalue weighted by Gasteiger charge is 2.30. The van der Waals surface area contributed by atoms with Crippen LogP contribution in [0.3, 0.4) is 0 Å². The predicted octanol–water partition coefficient (Wildman–Crippen LogP) is 2.01. The lowest BCUT2D eigenvalue weighted by Gasteiger charge is -2.32. The Morgan fingerprint density at radius 1 is 1.44 bits per heavy atom. The molecule has 0 aromatic heterocycles. The molecule has 3 unspecified atom stereocenters. The van der Waals surface area contributed by atoms with Gasteiger partial charge < -0.3 is 10.6 Å². The summed E-state index contributed by atoms with van der Waals surface area (Å²) in [5, 5.41) is 0. The van der Waals surface area contributed by atoms with E-state index in [-0.39, 0.29) is 17.9 Å². The van der Waals surface area contributed by atoms with Crippen LogP contribution < -0.4 is 5.73 Å². The van der Waals surface area contributed by atoms with E-state index in [4.69, 9.17) is 5.73 Å². The van der Waals surface area contributed by atoms with Crippen molar-refractivity contribution in [3.63, 3.8) is 0 Å². The normalized spacial score (nSPS) is 27.5. The number of nitrogens with zero attached hydrogens (tertiary/aromatic N) is 1. The van der Waals surface area contributed by atoms with Crippen LogP contribution in [0, 0.1) is 11.8 Å². The first-order chi connectivity index (χ1) is 7.56. The van der Waals surface area contributed by atoms with Crippen LogP contribution in [0.2, 0.25) is 0 Å². The number of rotatable bonds is 4. The van der Waals surface area contributed by atoms with Crippen molar-refractivity contribution in [1.29, 1.82) is 0 Å². The highest BCUT2D eigenvalue weighted by molar-refractivity contribution is 5.79. The van der Waals surface area contributed by atoms with Crippen LogP contribution in [-0.4, -0.2) is 30.4 Å². The third-order valence-corrected chi connectivity index (χ3v) is 3.80. The van der Waals surface area contributed by atoms with Crippen molar-refractivity contribution >= 4 is 5.91 Å². The molecule has 3 heteroatoms. The molecule has 16 heavy (non-hydrogen) atoms. The van der Waals surface area contributed by atoms with Crippen LogP contribution in [0.1, 0.15) is 46.0 Å². The van der Waals surface area contributed by atoms with Crippen molar-refractivity contribution < 1.29 is 4.79 Å². The van der Waals surface area contributed by atoms with E-state index in [1.807, 2.05) is 11.9 Å². The molecular formula is C13H26N2O. The Balaban J connectivity index is 2.48. The van der Waals surface area contributed by atoms with E-state index in [1.165, 1.54) is 6.42 Å². The molecule has 3 atom stereocenters. The SMILES string of the molecule is CCC(C)CN(C)C(=O)C1CCCCC1N. The van der Waals surface area contributed by atoms with Crippen LogP contribution in [0.4, 0.5) is 0 Å². The Bertz CT molecular complexity index is 230. The standard InChI is InChI=1S/C13H26N2O/c1-4-10(2)9-15(3)13(16)11-7-5-6-8-12(11)14/h10-12H,4-9,14H2,1-3H3. The molecule has 2 N–H and O–H groups in total. The molecule has 0 spiro atoms. The van der Waals surface area contributed by atoms with E-state index in [1.54, 1.807) is 0 Å². The second kappa shape index (κ2) is 6.24. The van der Waals surface area contributed by atoms with Gasteiger partial charge in [-0.3, -0.25) is 4.79 Å². The van der Waals surface area contributed by atoms with Crippen molar-refractivity contribution in [2.75, 3.05) is 13.6 Å². The van der Waals surface area contributed by atoms with Crippen LogP contribution in [0.15, 0.2) is 0 Å². The Morgan fingerprint density at radius 2 is 2.06 bits per heavy atom.